The molecule has 32 heavy (non-hydrogen) atoms. The van der Waals surface area contributed by atoms with Crippen molar-refractivity contribution in [2.45, 2.75) is 11.3 Å². The summed E-state index contributed by atoms with van der Waals surface area (Å²) in [6.07, 6.45) is 2.97. The van der Waals surface area contributed by atoms with E-state index < -0.39 is 34.4 Å². The molecule has 1 amide bonds. The Morgan fingerprint density at radius 3 is 2.47 bits per heavy atom. The molecule has 0 saturated heterocycles. The number of para-hydroxylation sites is 1. The highest BCUT2D eigenvalue weighted by Gasteiger charge is 2.73. The highest BCUT2D eigenvalue weighted by Crippen LogP contribution is 2.65. The van der Waals surface area contributed by atoms with Gasteiger partial charge in [0.05, 0.1) is 24.8 Å². The van der Waals surface area contributed by atoms with Crippen molar-refractivity contribution < 1.29 is 18.7 Å². The zero-order valence-electron chi connectivity index (χ0n) is 17.2. The minimum atomic E-state index is -2.02. The normalized spacial score (nSPS) is 22.6. The zero-order valence-corrected chi connectivity index (χ0v) is 17.2. The fourth-order valence-electron chi connectivity index (χ4n) is 4.95. The number of carbonyl (C=O) groups excluding carboxylic acids is 2. The van der Waals surface area contributed by atoms with Crippen LogP contribution in [0.1, 0.15) is 17.0 Å². The van der Waals surface area contributed by atoms with Crippen LogP contribution in [0.4, 0.5) is 10.1 Å². The Kier molecular flexibility index (Phi) is 4.91. The highest BCUT2D eigenvalue weighted by atomic mass is 19.1. The van der Waals surface area contributed by atoms with Crippen LogP contribution >= 0.6 is 0 Å². The molecule has 1 spiro atoms. The molecule has 1 aliphatic heterocycles. The lowest BCUT2D eigenvalue weighted by Crippen LogP contribution is -2.53. The summed E-state index contributed by atoms with van der Waals surface area (Å²) in [5.74, 6) is -2.86. The summed E-state index contributed by atoms with van der Waals surface area (Å²) >= 11 is 0. The maximum absolute atomic E-state index is 14.0. The predicted molar refractivity (Wildman–Crippen MR) is 114 cm³/mol. The summed E-state index contributed by atoms with van der Waals surface area (Å²) in [4.78, 5) is 28.4. The number of halogens is 1. The first-order valence-electron chi connectivity index (χ1n) is 9.83. The van der Waals surface area contributed by atoms with Gasteiger partial charge in [-0.05, 0) is 29.3 Å². The molecule has 2 aromatic rings. The largest absolute Gasteiger partial charge is 0.466 e. The summed E-state index contributed by atoms with van der Waals surface area (Å²) in [5.41, 5.74) is -2.72. The molecule has 2 aliphatic rings. The van der Waals surface area contributed by atoms with E-state index in [1.54, 1.807) is 24.3 Å². The smallest absolute Gasteiger partial charge is 0.334 e. The summed E-state index contributed by atoms with van der Waals surface area (Å²) < 4.78 is 18.6. The van der Waals surface area contributed by atoms with Crippen LogP contribution in [-0.4, -0.2) is 25.5 Å². The van der Waals surface area contributed by atoms with Crippen LogP contribution in [0.2, 0.25) is 0 Å². The summed E-state index contributed by atoms with van der Waals surface area (Å²) in [6, 6.07) is 16.2. The number of nitrogens with zero attached hydrogens (tertiary/aromatic N) is 3. The van der Waals surface area contributed by atoms with Gasteiger partial charge < -0.3 is 9.64 Å². The molecular weight excluding hydrogens is 409 g/mol. The zero-order chi connectivity index (χ0) is 23.1. The Morgan fingerprint density at radius 1 is 1.22 bits per heavy atom. The standard InChI is InChI=1S/C25H18FN3O3/c1-3-12-29-21-7-5-4-6-18(21)25(23(29)31)20(22(30)32-2)13-19(24(25,14-27)15-28)16-8-10-17(26)11-9-16/h3-11,13,19H,1,12H2,2H3/t19-,25-/m0/s1. The third-order valence-electron chi connectivity index (χ3n) is 6.26. The van der Waals surface area contributed by atoms with Gasteiger partial charge in [0, 0.05) is 18.2 Å². The summed E-state index contributed by atoms with van der Waals surface area (Å²) in [5, 5.41) is 20.9. The quantitative estimate of drug-likeness (QED) is 0.550. The molecule has 0 radical (unpaired) electrons. The van der Waals surface area contributed by atoms with Gasteiger partial charge in [-0.1, -0.05) is 42.5 Å². The lowest BCUT2D eigenvalue weighted by atomic mass is 9.57. The Hall–Kier alpha value is -4.23. The minimum Gasteiger partial charge on any atom is -0.466 e. The number of nitriles is 2. The Balaban J connectivity index is 2.11. The van der Waals surface area contributed by atoms with E-state index in [4.69, 9.17) is 4.74 Å². The minimum absolute atomic E-state index is 0.0820. The second kappa shape index (κ2) is 7.47. The summed E-state index contributed by atoms with van der Waals surface area (Å²) in [7, 11) is 1.18. The molecule has 2 aromatic carbocycles. The van der Waals surface area contributed by atoms with Crippen LogP contribution in [0, 0.1) is 33.9 Å². The van der Waals surface area contributed by atoms with Gasteiger partial charge in [-0.25, -0.2) is 9.18 Å². The maximum Gasteiger partial charge on any atom is 0.334 e. The lowest BCUT2D eigenvalue weighted by Gasteiger charge is -2.37. The number of rotatable bonds is 4. The SMILES string of the molecule is C=CCN1C(=O)[C@@]2(C(C(=O)OC)=C[C@@H](c3ccc(F)cc3)C2(C#N)C#N)c2ccccc21. The number of fused-ring (bicyclic) bond motifs is 2. The molecular formula is C25H18FN3O3. The molecule has 0 saturated carbocycles. The molecule has 0 N–H and O–H groups in total. The fourth-order valence-corrected chi connectivity index (χ4v) is 4.95. The topological polar surface area (TPSA) is 94.2 Å². The van der Waals surface area contributed by atoms with Crippen molar-refractivity contribution in [1.82, 2.24) is 0 Å². The second-order valence-corrected chi connectivity index (χ2v) is 7.60. The first-order valence-corrected chi connectivity index (χ1v) is 9.83. The molecule has 7 heteroatoms. The average molecular weight is 427 g/mol. The molecule has 0 unspecified atom stereocenters. The van der Waals surface area contributed by atoms with Crippen LogP contribution < -0.4 is 4.90 Å². The van der Waals surface area contributed by atoms with Gasteiger partial charge in [-0.2, -0.15) is 10.5 Å². The van der Waals surface area contributed by atoms with Crippen molar-refractivity contribution in [1.29, 1.82) is 10.5 Å². The number of methoxy groups -OCH3 is 1. The van der Waals surface area contributed by atoms with Gasteiger partial charge in [-0.3, -0.25) is 4.79 Å². The number of anilines is 1. The number of ether oxygens (including phenoxy) is 1. The van der Waals surface area contributed by atoms with Crippen molar-refractivity contribution in [3.63, 3.8) is 0 Å². The maximum atomic E-state index is 14.0. The van der Waals surface area contributed by atoms with Crippen LogP contribution in [0.5, 0.6) is 0 Å². The number of benzene rings is 2. The molecule has 0 fully saturated rings. The number of allylic oxidation sites excluding steroid dienone is 1. The highest BCUT2D eigenvalue weighted by molar-refractivity contribution is 6.17. The molecule has 6 nitrogen and oxygen atoms in total. The Bertz CT molecular complexity index is 1240. The van der Waals surface area contributed by atoms with Gasteiger partial charge in [0.2, 0.25) is 5.91 Å². The van der Waals surface area contributed by atoms with Gasteiger partial charge in [-0.15, -0.1) is 6.58 Å². The number of esters is 1. The molecule has 1 aliphatic carbocycles. The average Bonchev–Trinajstić information content (AvgIpc) is 3.26. The molecule has 0 bridgehead atoms. The number of hydrogen-bond acceptors (Lipinski definition) is 5. The Labute approximate surface area is 184 Å². The number of amides is 1. The van der Waals surface area contributed by atoms with Crippen molar-refractivity contribution in [3.8, 4) is 12.1 Å². The van der Waals surface area contributed by atoms with E-state index in [9.17, 15) is 24.5 Å². The summed E-state index contributed by atoms with van der Waals surface area (Å²) in [6.45, 7) is 3.82. The van der Waals surface area contributed by atoms with E-state index in [1.807, 2.05) is 0 Å². The first kappa shape index (κ1) is 21.0. The molecule has 1 heterocycles. The van der Waals surface area contributed by atoms with Crippen LogP contribution in [0.25, 0.3) is 0 Å². The third-order valence-corrected chi connectivity index (χ3v) is 6.26. The monoisotopic (exact) mass is 427 g/mol. The van der Waals surface area contributed by atoms with Crippen LogP contribution in [0.15, 0.2) is 72.8 Å². The van der Waals surface area contributed by atoms with Crippen LogP contribution in [0.3, 0.4) is 0 Å². The molecule has 0 aromatic heterocycles. The van der Waals surface area contributed by atoms with E-state index >= 15 is 0 Å². The molecule has 4 rings (SSSR count). The van der Waals surface area contributed by atoms with E-state index in [0.29, 0.717) is 16.8 Å². The first-order chi connectivity index (χ1) is 15.4. The van der Waals surface area contributed by atoms with Crippen molar-refractivity contribution in [2.24, 2.45) is 5.41 Å². The fraction of sp³-hybridized carbons (Fsp3) is 0.200. The molecule has 158 valence electrons. The van der Waals surface area contributed by atoms with Crippen molar-refractivity contribution >= 4 is 17.6 Å². The predicted octanol–water partition coefficient (Wildman–Crippen LogP) is 3.53. The third kappa shape index (κ3) is 2.42. The van der Waals surface area contributed by atoms with E-state index in [2.05, 4.69) is 18.7 Å². The van der Waals surface area contributed by atoms with Crippen LogP contribution in [-0.2, 0) is 19.7 Å². The molecule has 2 atom stereocenters. The number of hydrogen-bond donors (Lipinski definition) is 0. The van der Waals surface area contributed by atoms with Gasteiger partial charge >= 0.3 is 5.97 Å². The lowest BCUT2D eigenvalue weighted by molar-refractivity contribution is -0.139. The van der Waals surface area contributed by atoms with Gasteiger partial charge in [0.15, 0.2) is 5.41 Å². The Morgan fingerprint density at radius 2 is 1.88 bits per heavy atom. The van der Waals surface area contributed by atoms with E-state index in [-0.39, 0.29) is 12.1 Å². The van der Waals surface area contributed by atoms with E-state index in [0.717, 1.165) is 0 Å². The van der Waals surface area contributed by atoms with Gasteiger partial charge in [0.1, 0.15) is 11.2 Å². The van der Waals surface area contributed by atoms with Crippen molar-refractivity contribution in [2.75, 3.05) is 18.6 Å². The number of carbonyl (C=O) groups is 2. The van der Waals surface area contributed by atoms with Gasteiger partial charge in [0.25, 0.3) is 0 Å². The van der Waals surface area contributed by atoms with E-state index in [1.165, 1.54) is 48.4 Å². The second-order valence-electron chi connectivity index (χ2n) is 7.60. The van der Waals surface area contributed by atoms with Crippen molar-refractivity contribution in [3.05, 3.63) is 89.8 Å².